The highest BCUT2D eigenvalue weighted by Crippen LogP contribution is 2.18. The van der Waals surface area contributed by atoms with Crippen LogP contribution in [0.1, 0.15) is 36.5 Å². The number of carbonyl (C=O) groups excluding carboxylic acids is 2. The Morgan fingerprint density at radius 1 is 1.09 bits per heavy atom. The summed E-state index contributed by atoms with van der Waals surface area (Å²) in [5, 5.41) is 8.65. The molecule has 1 heterocycles. The zero-order valence-corrected chi connectivity index (χ0v) is 19.2. The highest BCUT2D eigenvalue weighted by molar-refractivity contribution is 7.09. The number of aryl methyl sites for hydroxylation is 1. The van der Waals surface area contributed by atoms with Crippen LogP contribution in [0.5, 0.6) is 5.75 Å². The van der Waals surface area contributed by atoms with Gasteiger partial charge in [0.25, 0.3) is 0 Å². The first-order chi connectivity index (χ1) is 15.4. The minimum Gasteiger partial charge on any atom is -0.487 e. The molecule has 0 bridgehead atoms. The summed E-state index contributed by atoms with van der Waals surface area (Å²) in [4.78, 5) is 28.5. The number of ether oxygens (including phenoxy) is 1. The number of rotatable bonds is 9. The van der Waals surface area contributed by atoms with E-state index in [0.29, 0.717) is 36.1 Å². The summed E-state index contributed by atoms with van der Waals surface area (Å²) >= 11 is 1.59. The summed E-state index contributed by atoms with van der Waals surface area (Å²) in [5.41, 5.74) is 3.11. The van der Waals surface area contributed by atoms with E-state index in [1.54, 1.807) is 41.7 Å². The summed E-state index contributed by atoms with van der Waals surface area (Å²) < 4.78 is 5.79. The molecule has 0 aliphatic rings. The number of carbonyl (C=O) groups is 2. The Morgan fingerprint density at radius 3 is 2.47 bits per heavy atom. The fourth-order valence-electron chi connectivity index (χ4n) is 2.92. The van der Waals surface area contributed by atoms with Crippen molar-refractivity contribution < 1.29 is 14.3 Å². The fraction of sp³-hybridized carbons (Fsp3) is 0.240. The third kappa shape index (κ3) is 7.67. The van der Waals surface area contributed by atoms with Crippen LogP contribution < -0.4 is 15.4 Å². The molecule has 0 saturated heterocycles. The van der Waals surface area contributed by atoms with Crippen LogP contribution in [0.15, 0.2) is 60.0 Å². The zero-order valence-electron chi connectivity index (χ0n) is 18.4. The van der Waals surface area contributed by atoms with Gasteiger partial charge in [0, 0.05) is 29.3 Å². The van der Waals surface area contributed by atoms with E-state index < -0.39 is 0 Å². The van der Waals surface area contributed by atoms with Crippen LogP contribution in [0.25, 0.3) is 6.08 Å². The molecule has 0 atom stereocenters. The van der Waals surface area contributed by atoms with E-state index in [9.17, 15) is 9.59 Å². The number of aromatic nitrogens is 1. The molecule has 1 aromatic heterocycles. The number of hydrogen-bond acceptors (Lipinski definition) is 5. The molecule has 0 fully saturated rings. The molecular weight excluding hydrogens is 422 g/mol. The molecule has 6 nitrogen and oxygen atoms in total. The maximum absolute atomic E-state index is 12.3. The first kappa shape index (κ1) is 23.2. The van der Waals surface area contributed by atoms with Crippen molar-refractivity contribution in [3.8, 4) is 5.75 Å². The van der Waals surface area contributed by atoms with E-state index in [0.717, 1.165) is 16.3 Å². The number of benzene rings is 2. The number of thiazole rings is 1. The van der Waals surface area contributed by atoms with E-state index in [-0.39, 0.29) is 11.8 Å². The highest BCUT2D eigenvalue weighted by Gasteiger charge is 2.06. The Morgan fingerprint density at radius 2 is 1.81 bits per heavy atom. The third-order valence-corrected chi connectivity index (χ3v) is 5.19. The van der Waals surface area contributed by atoms with Crippen LogP contribution in [0.3, 0.4) is 0 Å². The van der Waals surface area contributed by atoms with Crippen molar-refractivity contribution >= 4 is 40.6 Å². The fourth-order valence-corrected chi connectivity index (χ4v) is 3.51. The van der Waals surface area contributed by atoms with Gasteiger partial charge in [0.1, 0.15) is 12.4 Å². The molecule has 0 radical (unpaired) electrons. The van der Waals surface area contributed by atoms with Crippen LogP contribution in [-0.4, -0.2) is 16.8 Å². The number of hydrogen-bond donors (Lipinski definition) is 2. The Bertz CT molecular complexity index is 1090. The lowest BCUT2D eigenvalue weighted by atomic mass is 10.1. The first-order valence-electron chi connectivity index (χ1n) is 10.4. The molecule has 3 rings (SSSR count). The summed E-state index contributed by atoms with van der Waals surface area (Å²) in [7, 11) is 0. The number of anilines is 2. The smallest absolute Gasteiger partial charge is 0.248 e. The van der Waals surface area contributed by atoms with Crippen molar-refractivity contribution in [1.82, 2.24) is 4.98 Å². The Kier molecular flexibility index (Phi) is 8.16. The largest absolute Gasteiger partial charge is 0.487 e. The normalized spacial score (nSPS) is 11.0. The van der Waals surface area contributed by atoms with Crippen LogP contribution in [0, 0.1) is 12.8 Å². The summed E-state index contributed by atoms with van der Waals surface area (Å²) in [6.07, 6.45) is 3.68. The molecule has 166 valence electrons. The van der Waals surface area contributed by atoms with Gasteiger partial charge >= 0.3 is 0 Å². The molecule has 0 aliphatic carbocycles. The molecular formula is C25H27N3O3S. The topological polar surface area (TPSA) is 80.3 Å². The molecule has 7 heteroatoms. The van der Waals surface area contributed by atoms with Gasteiger partial charge in [-0.2, -0.15) is 0 Å². The molecule has 0 aliphatic heterocycles. The van der Waals surface area contributed by atoms with Crippen molar-refractivity contribution in [1.29, 1.82) is 0 Å². The van der Waals surface area contributed by atoms with Gasteiger partial charge in [0.15, 0.2) is 0 Å². The molecule has 3 aromatic rings. The SMILES string of the molecule is Cc1nc(COc2cccc(/C=C/C(=O)Nc3ccc(NC(=O)CC(C)C)cc3)c2)cs1. The van der Waals surface area contributed by atoms with Gasteiger partial charge in [-0.15, -0.1) is 11.3 Å². The van der Waals surface area contributed by atoms with Crippen LogP contribution in [0.4, 0.5) is 11.4 Å². The minimum atomic E-state index is -0.245. The summed E-state index contributed by atoms with van der Waals surface area (Å²) in [6.45, 7) is 6.37. The molecule has 0 saturated carbocycles. The van der Waals surface area contributed by atoms with Gasteiger partial charge in [0.2, 0.25) is 11.8 Å². The quantitative estimate of drug-likeness (QED) is 0.413. The summed E-state index contributed by atoms with van der Waals surface area (Å²) in [6, 6.07) is 14.6. The van der Waals surface area contributed by atoms with Gasteiger partial charge in [-0.05, 0) is 60.9 Å². The van der Waals surface area contributed by atoms with E-state index in [1.165, 1.54) is 6.08 Å². The standard InChI is InChI=1S/C25H27N3O3S/c1-17(2)13-25(30)28-21-10-8-20(9-11-21)27-24(29)12-7-19-5-4-6-23(14-19)31-15-22-16-32-18(3)26-22/h4-12,14,16-17H,13,15H2,1-3H3,(H,27,29)(H,28,30)/b12-7+. The van der Waals surface area contributed by atoms with Gasteiger partial charge in [-0.3, -0.25) is 9.59 Å². The van der Waals surface area contributed by atoms with Crippen molar-refractivity contribution in [2.45, 2.75) is 33.8 Å². The van der Waals surface area contributed by atoms with E-state index >= 15 is 0 Å². The number of nitrogens with one attached hydrogen (secondary N) is 2. The zero-order chi connectivity index (χ0) is 22.9. The van der Waals surface area contributed by atoms with Crippen LogP contribution in [-0.2, 0) is 16.2 Å². The Balaban J connectivity index is 1.51. The van der Waals surface area contributed by atoms with Gasteiger partial charge < -0.3 is 15.4 Å². The highest BCUT2D eigenvalue weighted by atomic mass is 32.1. The van der Waals surface area contributed by atoms with E-state index in [4.69, 9.17) is 4.74 Å². The van der Waals surface area contributed by atoms with Crippen LogP contribution in [0.2, 0.25) is 0 Å². The monoisotopic (exact) mass is 449 g/mol. The molecule has 0 unspecified atom stereocenters. The Labute approximate surface area is 192 Å². The molecule has 2 amide bonds. The van der Waals surface area contributed by atoms with Gasteiger partial charge in [-0.1, -0.05) is 26.0 Å². The van der Waals surface area contributed by atoms with E-state index in [1.807, 2.05) is 50.4 Å². The average molecular weight is 450 g/mol. The lowest BCUT2D eigenvalue weighted by Crippen LogP contribution is -2.14. The maximum Gasteiger partial charge on any atom is 0.248 e. The van der Waals surface area contributed by atoms with Crippen LogP contribution >= 0.6 is 11.3 Å². The number of nitrogens with zero attached hydrogens (tertiary/aromatic N) is 1. The summed E-state index contributed by atoms with van der Waals surface area (Å²) in [5.74, 6) is 0.752. The predicted octanol–water partition coefficient (Wildman–Crippen LogP) is 5.67. The second-order valence-electron chi connectivity index (χ2n) is 7.77. The predicted molar refractivity (Wildman–Crippen MR) is 130 cm³/mol. The molecule has 2 aromatic carbocycles. The lowest BCUT2D eigenvalue weighted by Gasteiger charge is -2.08. The second-order valence-corrected chi connectivity index (χ2v) is 8.83. The lowest BCUT2D eigenvalue weighted by molar-refractivity contribution is -0.117. The molecule has 32 heavy (non-hydrogen) atoms. The van der Waals surface area contributed by atoms with Crippen molar-refractivity contribution in [2.75, 3.05) is 10.6 Å². The van der Waals surface area contributed by atoms with Gasteiger partial charge in [0.05, 0.1) is 10.7 Å². The van der Waals surface area contributed by atoms with Gasteiger partial charge in [-0.25, -0.2) is 4.98 Å². The molecule has 0 spiro atoms. The third-order valence-electron chi connectivity index (χ3n) is 4.37. The number of amides is 2. The Hall–Kier alpha value is -3.45. The maximum atomic E-state index is 12.3. The minimum absolute atomic E-state index is 0.0207. The van der Waals surface area contributed by atoms with E-state index in [2.05, 4.69) is 15.6 Å². The second kappa shape index (κ2) is 11.2. The van der Waals surface area contributed by atoms with Crippen molar-refractivity contribution in [2.24, 2.45) is 5.92 Å². The molecule has 2 N–H and O–H groups in total. The van der Waals surface area contributed by atoms with Crippen molar-refractivity contribution in [3.05, 3.63) is 76.3 Å². The average Bonchev–Trinajstić information content (AvgIpc) is 3.17. The van der Waals surface area contributed by atoms with Crippen molar-refractivity contribution in [3.63, 3.8) is 0 Å². The first-order valence-corrected chi connectivity index (χ1v) is 11.3.